The van der Waals surface area contributed by atoms with Crippen LogP contribution in [0.4, 0.5) is 5.69 Å². The van der Waals surface area contributed by atoms with E-state index in [1.807, 2.05) is 30.3 Å². The highest BCUT2D eigenvalue weighted by molar-refractivity contribution is 5.73. The van der Waals surface area contributed by atoms with Crippen LogP contribution in [0.5, 0.6) is 0 Å². The Balaban J connectivity index is 2.72. The van der Waals surface area contributed by atoms with Gasteiger partial charge in [-0.25, -0.2) is 0 Å². The van der Waals surface area contributed by atoms with Crippen molar-refractivity contribution in [3.63, 3.8) is 0 Å². The molecular weight excluding hydrogens is 182 g/mol. The summed E-state index contributed by atoms with van der Waals surface area (Å²) in [5, 5.41) is 17.4. The highest BCUT2D eigenvalue weighted by atomic mass is 16.4. The van der Waals surface area contributed by atoms with Gasteiger partial charge in [-0.2, -0.15) is 0 Å². The molecule has 14 heavy (non-hydrogen) atoms. The maximum atomic E-state index is 10.5. The quantitative estimate of drug-likeness (QED) is 0.721. The minimum absolute atomic E-state index is 0.0534. The van der Waals surface area contributed by atoms with Crippen LogP contribution in [0.1, 0.15) is 0 Å². The number of carboxylic acids is 1. The lowest BCUT2D eigenvalue weighted by Crippen LogP contribution is -2.32. The second-order valence-electron chi connectivity index (χ2n) is 2.87. The van der Waals surface area contributed by atoms with E-state index in [1.54, 1.807) is 4.90 Å². The van der Waals surface area contributed by atoms with Gasteiger partial charge < -0.3 is 15.1 Å². The van der Waals surface area contributed by atoms with Crippen molar-refractivity contribution in [2.24, 2.45) is 0 Å². The van der Waals surface area contributed by atoms with E-state index in [1.165, 1.54) is 0 Å². The summed E-state index contributed by atoms with van der Waals surface area (Å²) in [5.74, 6) is -0.901. The minimum atomic E-state index is -0.901. The van der Waals surface area contributed by atoms with Crippen LogP contribution >= 0.6 is 0 Å². The van der Waals surface area contributed by atoms with Gasteiger partial charge in [-0.1, -0.05) is 18.2 Å². The molecule has 0 spiro atoms. The van der Waals surface area contributed by atoms with Gasteiger partial charge in [0.15, 0.2) is 0 Å². The molecule has 0 fully saturated rings. The Morgan fingerprint density at radius 3 is 2.43 bits per heavy atom. The van der Waals surface area contributed by atoms with Gasteiger partial charge in [-0.05, 0) is 12.1 Å². The maximum absolute atomic E-state index is 10.5. The number of hydrogen-bond acceptors (Lipinski definition) is 3. The third kappa shape index (κ3) is 3.06. The third-order valence-electron chi connectivity index (χ3n) is 1.82. The predicted molar refractivity (Wildman–Crippen MR) is 53.4 cm³/mol. The Labute approximate surface area is 82.4 Å². The highest BCUT2D eigenvalue weighted by Gasteiger charge is 2.08. The van der Waals surface area contributed by atoms with E-state index >= 15 is 0 Å². The van der Waals surface area contributed by atoms with Crippen molar-refractivity contribution in [3.8, 4) is 0 Å². The SMILES string of the molecule is O=C(O)CN(CCO)c1ccccc1. The van der Waals surface area contributed by atoms with Crippen LogP contribution in [0.15, 0.2) is 30.3 Å². The van der Waals surface area contributed by atoms with Crippen LogP contribution in [-0.4, -0.2) is 35.9 Å². The van der Waals surface area contributed by atoms with Crippen LogP contribution in [0, 0.1) is 0 Å². The zero-order chi connectivity index (χ0) is 10.4. The molecule has 0 aliphatic carbocycles. The lowest BCUT2D eigenvalue weighted by molar-refractivity contribution is -0.135. The van der Waals surface area contributed by atoms with Crippen LogP contribution in [0.3, 0.4) is 0 Å². The minimum Gasteiger partial charge on any atom is -0.480 e. The lowest BCUT2D eigenvalue weighted by Gasteiger charge is -2.21. The van der Waals surface area contributed by atoms with Crippen molar-refractivity contribution in [2.75, 3.05) is 24.6 Å². The molecule has 4 nitrogen and oxygen atoms in total. The molecule has 4 heteroatoms. The van der Waals surface area contributed by atoms with Crippen LogP contribution in [0.2, 0.25) is 0 Å². The number of rotatable bonds is 5. The first-order chi connectivity index (χ1) is 6.74. The fraction of sp³-hybridized carbons (Fsp3) is 0.300. The van der Waals surface area contributed by atoms with Crippen molar-refractivity contribution >= 4 is 11.7 Å². The first kappa shape index (κ1) is 10.5. The van der Waals surface area contributed by atoms with Gasteiger partial charge in [-0.3, -0.25) is 4.79 Å². The van der Waals surface area contributed by atoms with Crippen molar-refractivity contribution in [2.45, 2.75) is 0 Å². The summed E-state index contributed by atoms with van der Waals surface area (Å²) < 4.78 is 0. The Hall–Kier alpha value is -1.55. The van der Waals surface area contributed by atoms with E-state index < -0.39 is 5.97 Å². The number of aliphatic hydroxyl groups excluding tert-OH is 1. The topological polar surface area (TPSA) is 60.8 Å². The first-order valence-corrected chi connectivity index (χ1v) is 4.36. The van der Waals surface area contributed by atoms with E-state index in [2.05, 4.69) is 0 Å². The molecule has 1 aromatic rings. The van der Waals surface area contributed by atoms with E-state index in [-0.39, 0.29) is 13.2 Å². The number of carboxylic acid groups (broad SMARTS) is 1. The molecule has 0 atom stereocenters. The molecule has 0 bridgehead atoms. The number of anilines is 1. The second kappa shape index (κ2) is 5.24. The normalized spacial score (nSPS) is 9.79. The Morgan fingerprint density at radius 1 is 1.29 bits per heavy atom. The molecule has 0 saturated heterocycles. The molecule has 0 saturated carbocycles. The van der Waals surface area contributed by atoms with Gasteiger partial charge in [0.1, 0.15) is 6.54 Å². The molecule has 0 aliphatic heterocycles. The average molecular weight is 195 g/mol. The predicted octanol–water partition coefficient (Wildman–Crippen LogP) is 0.570. The van der Waals surface area contributed by atoms with Crippen molar-refractivity contribution in [3.05, 3.63) is 30.3 Å². The standard InChI is InChI=1S/C10H13NO3/c12-7-6-11(8-10(13)14)9-4-2-1-3-5-9/h1-5,12H,6-8H2,(H,13,14). The first-order valence-electron chi connectivity index (χ1n) is 4.36. The number of benzene rings is 1. The molecule has 1 aromatic carbocycles. The van der Waals surface area contributed by atoms with E-state index in [0.717, 1.165) is 5.69 Å². The van der Waals surface area contributed by atoms with Crippen molar-refractivity contribution < 1.29 is 15.0 Å². The van der Waals surface area contributed by atoms with E-state index in [0.29, 0.717) is 6.54 Å². The third-order valence-corrected chi connectivity index (χ3v) is 1.82. The molecule has 1 rings (SSSR count). The van der Waals surface area contributed by atoms with Gasteiger partial charge in [-0.15, -0.1) is 0 Å². The Morgan fingerprint density at radius 2 is 1.93 bits per heavy atom. The number of para-hydroxylation sites is 1. The fourth-order valence-electron chi connectivity index (χ4n) is 1.22. The van der Waals surface area contributed by atoms with E-state index in [9.17, 15) is 4.79 Å². The zero-order valence-electron chi connectivity index (χ0n) is 7.76. The second-order valence-corrected chi connectivity index (χ2v) is 2.87. The van der Waals surface area contributed by atoms with Gasteiger partial charge in [0.05, 0.1) is 6.61 Å². The number of aliphatic carboxylic acids is 1. The molecule has 0 aliphatic rings. The monoisotopic (exact) mass is 195 g/mol. The summed E-state index contributed by atoms with van der Waals surface area (Å²) >= 11 is 0. The van der Waals surface area contributed by atoms with Crippen molar-refractivity contribution in [1.82, 2.24) is 0 Å². The van der Waals surface area contributed by atoms with Crippen LogP contribution in [0.25, 0.3) is 0 Å². The van der Waals surface area contributed by atoms with Gasteiger partial charge in [0.25, 0.3) is 0 Å². The fourth-order valence-corrected chi connectivity index (χ4v) is 1.22. The molecule has 0 unspecified atom stereocenters. The average Bonchev–Trinajstić information content (AvgIpc) is 2.18. The number of hydrogen-bond donors (Lipinski definition) is 2. The molecule has 0 radical (unpaired) electrons. The lowest BCUT2D eigenvalue weighted by atomic mass is 10.3. The Kier molecular flexibility index (Phi) is 3.94. The van der Waals surface area contributed by atoms with Crippen LogP contribution < -0.4 is 4.90 Å². The summed E-state index contributed by atoms with van der Waals surface area (Å²) in [5.41, 5.74) is 0.809. The summed E-state index contributed by atoms with van der Waals surface area (Å²) in [4.78, 5) is 12.1. The summed E-state index contributed by atoms with van der Waals surface area (Å²) in [7, 11) is 0. The molecule has 76 valence electrons. The molecule has 0 aromatic heterocycles. The highest BCUT2D eigenvalue weighted by Crippen LogP contribution is 2.11. The molecule has 0 heterocycles. The molecule has 2 N–H and O–H groups in total. The molecule has 0 amide bonds. The van der Waals surface area contributed by atoms with E-state index in [4.69, 9.17) is 10.2 Å². The summed E-state index contributed by atoms with van der Waals surface area (Å²) in [6.45, 7) is 0.184. The smallest absolute Gasteiger partial charge is 0.323 e. The molecular formula is C10H13NO3. The summed E-state index contributed by atoms with van der Waals surface area (Å²) in [6.07, 6.45) is 0. The van der Waals surface area contributed by atoms with Gasteiger partial charge in [0.2, 0.25) is 0 Å². The van der Waals surface area contributed by atoms with Crippen molar-refractivity contribution in [1.29, 1.82) is 0 Å². The largest absolute Gasteiger partial charge is 0.480 e. The number of aliphatic hydroxyl groups is 1. The Bertz CT molecular complexity index is 287. The van der Waals surface area contributed by atoms with Gasteiger partial charge >= 0.3 is 5.97 Å². The maximum Gasteiger partial charge on any atom is 0.323 e. The van der Waals surface area contributed by atoms with Crippen LogP contribution in [-0.2, 0) is 4.79 Å². The number of carbonyl (C=O) groups is 1. The van der Waals surface area contributed by atoms with Gasteiger partial charge in [0, 0.05) is 12.2 Å². The summed E-state index contributed by atoms with van der Waals surface area (Å²) in [6, 6.07) is 9.17. The zero-order valence-corrected chi connectivity index (χ0v) is 7.76. The number of nitrogens with zero attached hydrogens (tertiary/aromatic N) is 1.